The van der Waals surface area contributed by atoms with Crippen LogP contribution in [0.3, 0.4) is 0 Å². The van der Waals surface area contributed by atoms with E-state index in [1.54, 1.807) is 6.07 Å². The first-order valence-electron chi connectivity index (χ1n) is 6.84. The molecule has 0 bridgehead atoms. The van der Waals surface area contributed by atoms with E-state index in [1.807, 2.05) is 39.8 Å². The highest BCUT2D eigenvalue weighted by atomic mass is 16.5. The minimum atomic E-state index is -0.429. The van der Waals surface area contributed by atoms with Crippen LogP contribution in [-0.4, -0.2) is 29.4 Å². The van der Waals surface area contributed by atoms with Gasteiger partial charge in [-0.25, -0.2) is 4.79 Å². The summed E-state index contributed by atoms with van der Waals surface area (Å²) in [6.07, 6.45) is 0.129. The van der Waals surface area contributed by atoms with E-state index in [2.05, 4.69) is 14.9 Å². The van der Waals surface area contributed by atoms with Gasteiger partial charge in [-0.2, -0.15) is 5.10 Å². The molecule has 0 aliphatic heterocycles. The van der Waals surface area contributed by atoms with Gasteiger partial charge >= 0.3 is 5.97 Å². The number of benzene rings is 1. The first-order chi connectivity index (χ1) is 9.92. The van der Waals surface area contributed by atoms with Crippen LogP contribution in [0, 0.1) is 13.8 Å². The van der Waals surface area contributed by atoms with E-state index in [9.17, 15) is 4.79 Å². The van der Waals surface area contributed by atoms with E-state index in [4.69, 9.17) is 4.74 Å². The Morgan fingerprint density at radius 2 is 1.81 bits per heavy atom. The number of hydrogen-bond acceptors (Lipinski definition) is 4. The molecule has 0 aliphatic carbocycles. The van der Waals surface area contributed by atoms with Crippen molar-refractivity contribution < 1.29 is 14.3 Å². The van der Waals surface area contributed by atoms with Gasteiger partial charge in [0.05, 0.1) is 18.9 Å². The molecule has 0 fully saturated rings. The Morgan fingerprint density at radius 1 is 1.19 bits per heavy atom. The summed E-state index contributed by atoms with van der Waals surface area (Å²) in [4.78, 5) is 11.5. The number of nitrogens with one attached hydrogen (secondary N) is 1. The molecule has 5 heteroatoms. The zero-order valence-corrected chi connectivity index (χ0v) is 13.0. The van der Waals surface area contributed by atoms with Crippen LogP contribution in [0.5, 0.6) is 5.75 Å². The van der Waals surface area contributed by atoms with Gasteiger partial charge in [0, 0.05) is 5.56 Å². The Balaban J connectivity index is 2.37. The molecule has 0 saturated heterocycles. The molecule has 112 valence electrons. The van der Waals surface area contributed by atoms with Crippen molar-refractivity contribution in [3.63, 3.8) is 0 Å². The fraction of sp³-hybridized carbons (Fsp3) is 0.375. The average Bonchev–Trinajstić information content (AvgIpc) is 2.91. The van der Waals surface area contributed by atoms with Crippen LogP contribution in [0.25, 0.3) is 11.3 Å². The zero-order valence-electron chi connectivity index (χ0n) is 13.0. The van der Waals surface area contributed by atoms with E-state index < -0.39 is 5.97 Å². The second kappa shape index (κ2) is 5.99. The number of esters is 1. The van der Waals surface area contributed by atoms with E-state index in [-0.39, 0.29) is 6.10 Å². The lowest BCUT2D eigenvalue weighted by molar-refractivity contribution is 0.0594. The summed E-state index contributed by atoms with van der Waals surface area (Å²) in [5.74, 6) is 0.472. The summed E-state index contributed by atoms with van der Waals surface area (Å²) in [7, 11) is 1.34. The molecule has 21 heavy (non-hydrogen) atoms. The Morgan fingerprint density at radius 3 is 2.33 bits per heavy atom. The summed E-state index contributed by atoms with van der Waals surface area (Å²) in [5.41, 5.74) is 4.07. The molecule has 0 unspecified atom stereocenters. The topological polar surface area (TPSA) is 64.2 Å². The van der Waals surface area contributed by atoms with Crippen molar-refractivity contribution >= 4 is 5.97 Å². The lowest BCUT2D eigenvalue weighted by Crippen LogP contribution is -2.08. The monoisotopic (exact) mass is 288 g/mol. The maximum Gasteiger partial charge on any atom is 0.356 e. The number of aryl methyl sites for hydroxylation is 2. The first-order valence-corrected chi connectivity index (χ1v) is 6.84. The van der Waals surface area contributed by atoms with Crippen LogP contribution in [0.2, 0.25) is 0 Å². The maximum absolute atomic E-state index is 11.5. The third-order valence-corrected chi connectivity index (χ3v) is 3.09. The highest BCUT2D eigenvalue weighted by Crippen LogP contribution is 2.30. The maximum atomic E-state index is 11.5. The Bertz CT molecular complexity index is 636. The van der Waals surface area contributed by atoms with Gasteiger partial charge in [0.2, 0.25) is 0 Å². The lowest BCUT2D eigenvalue weighted by atomic mass is 10.0. The summed E-state index contributed by atoms with van der Waals surface area (Å²) in [6.45, 7) is 8.01. The summed E-state index contributed by atoms with van der Waals surface area (Å²) in [6, 6.07) is 5.69. The van der Waals surface area contributed by atoms with Gasteiger partial charge in [-0.05, 0) is 57.0 Å². The number of rotatable bonds is 4. The van der Waals surface area contributed by atoms with Crippen molar-refractivity contribution in [3.8, 4) is 17.0 Å². The van der Waals surface area contributed by atoms with Crippen LogP contribution >= 0.6 is 0 Å². The van der Waals surface area contributed by atoms with Gasteiger partial charge in [0.1, 0.15) is 11.4 Å². The zero-order chi connectivity index (χ0) is 15.6. The van der Waals surface area contributed by atoms with Gasteiger partial charge in [-0.15, -0.1) is 0 Å². The van der Waals surface area contributed by atoms with E-state index in [0.29, 0.717) is 11.4 Å². The van der Waals surface area contributed by atoms with Gasteiger partial charge < -0.3 is 9.47 Å². The number of aromatic amines is 1. The number of H-pyrrole nitrogens is 1. The van der Waals surface area contributed by atoms with E-state index in [0.717, 1.165) is 22.4 Å². The second-order valence-electron chi connectivity index (χ2n) is 5.26. The molecule has 2 rings (SSSR count). The molecule has 1 aromatic carbocycles. The fourth-order valence-corrected chi connectivity index (χ4v) is 2.20. The highest BCUT2D eigenvalue weighted by molar-refractivity contribution is 5.88. The van der Waals surface area contributed by atoms with Gasteiger partial charge in [0.25, 0.3) is 0 Å². The molecule has 2 aromatic rings. The third kappa shape index (κ3) is 3.24. The molecule has 1 N–H and O–H groups in total. The quantitative estimate of drug-likeness (QED) is 0.877. The minimum Gasteiger partial charge on any atom is -0.490 e. The van der Waals surface area contributed by atoms with Crippen molar-refractivity contribution in [3.05, 3.63) is 35.0 Å². The predicted molar refractivity (Wildman–Crippen MR) is 80.6 cm³/mol. The Kier molecular flexibility index (Phi) is 4.31. The number of carbonyl (C=O) groups is 1. The highest BCUT2D eigenvalue weighted by Gasteiger charge is 2.14. The van der Waals surface area contributed by atoms with Crippen LogP contribution in [0.1, 0.15) is 35.5 Å². The normalized spacial score (nSPS) is 10.8. The number of nitrogens with zero attached hydrogens (tertiary/aromatic N) is 1. The molecule has 0 atom stereocenters. The largest absolute Gasteiger partial charge is 0.490 e. The van der Waals surface area contributed by atoms with Crippen molar-refractivity contribution in [2.45, 2.75) is 33.8 Å². The fourth-order valence-electron chi connectivity index (χ4n) is 2.20. The summed E-state index contributed by atoms with van der Waals surface area (Å²) in [5, 5.41) is 6.85. The number of methoxy groups -OCH3 is 1. The third-order valence-electron chi connectivity index (χ3n) is 3.09. The molecule has 0 aliphatic rings. The number of aromatic nitrogens is 2. The van der Waals surface area contributed by atoms with Crippen molar-refractivity contribution in [2.24, 2.45) is 0 Å². The van der Waals surface area contributed by atoms with Crippen molar-refractivity contribution in [1.82, 2.24) is 10.2 Å². The Labute approximate surface area is 124 Å². The smallest absolute Gasteiger partial charge is 0.356 e. The van der Waals surface area contributed by atoms with Gasteiger partial charge in [0.15, 0.2) is 0 Å². The molecule has 5 nitrogen and oxygen atoms in total. The van der Waals surface area contributed by atoms with Crippen LogP contribution in [0.15, 0.2) is 18.2 Å². The number of ether oxygens (including phenoxy) is 2. The van der Waals surface area contributed by atoms with Gasteiger partial charge in [-0.3, -0.25) is 5.10 Å². The second-order valence-corrected chi connectivity index (χ2v) is 5.26. The molecule has 0 radical (unpaired) electrons. The van der Waals surface area contributed by atoms with E-state index >= 15 is 0 Å². The number of hydrogen-bond donors (Lipinski definition) is 1. The van der Waals surface area contributed by atoms with Crippen LogP contribution in [0.4, 0.5) is 0 Å². The number of carbonyl (C=O) groups excluding carboxylic acids is 1. The molecular weight excluding hydrogens is 268 g/mol. The average molecular weight is 288 g/mol. The predicted octanol–water partition coefficient (Wildman–Crippen LogP) is 3.27. The molecule has 0 amide bonds. The standard InChI is InChI=1S/C16H20N2O3/c1-9(2)21-15-10(3)6-12(7-11(15)4)13-8-14(18-17-13)16(19)20-5/h6-9H,1-5H3,(H,17,18). The van der Waals surface area contributed by atoms with Crippen molar-refractivity contribution in [1.29, 1.82) is 0 Å². The molecule has 0 spiro atoms. The molecule has 0 saturated carbocycles. The summed E-state index contributed by atoms with van der Waals surface area (Å²) >= 11 is 0. The lowest BCUT2D eigenvalue weighted by Gasteiger charge is -2.16. The Hall–Kier alpha value is -2.30. The molecular formula is C16H20N2O3. The van der Waals surface area contributed by atoms with Gasteiger partial charge in [-0.1, -0.05) is 0 Å². The minimum absolute atomic E-state index is 0.129. The molecule has 1 aromatic heterocycles. The first kappa shape index (κ1) is 15.1. The van der Waals surface area contributed by atoms with Crippen molar-refractivity contribution in [2.75, 3.05) is 7.11 Å². The summed E-state index contributed by atoms with van der Waals surface area (Å²) < 4.78 is 10.5. The van der Waals surface area contributed by atoms with Crippen LogP contribution in [-0.2, 0) is 4.74 Å². The molecule has 1 heterocycles. The van der Waals surface area contributed by atoms with Crippen LogP contribution < -0.4 is 4.74 Å². The van der Waals surface area contributed by atoms with E-state index in [1.165, 1.54) is 7.11 Å². The SMILES string of the molecule is COC(=O)c1cc(-c2cc(C)c(OC(C)C)c(C)c2)n[nH]1.